The lowest BCUT2D eigenvalue weighted by Crippen LogP contribution is -1.95. The summed E-state index contributed by atoms with van der Waals surface area (Å²) in [7, 11) is 0. The Bertz CT molecular complexity index is 368. The molecule has 1 rings (SSSR count). The van der Waals surface area contributed by atoms with Crippen molar-refractivity contribution in [1.82, 2.24) is 0 Å². The van der Waals surface area contributed by atoms with Gasteiger partial charge in [-0.2, -0.15) is 0 Å². The number of hydrogen-bond acceptors (Lipinski definition) is 2. The molecule has 0 heterocycles. The standard InChI is InChI=1S/C12H12O2S/c13-12(14)9-8-11(15)7-6-10-4-2-1-3-5-10/h1-5,8-9H,6-7H2,(H,13,14). The predicted octanol–water partition coefficient (Wildman–Crippen LogP) is 2.63. The van der Waals surface area contributed by atoms with E-state index in [2.05, 4.69) is 0 Å². The summed E-state index contributed by atoms with van der Waals surface area (Å²) >= 11 is 5.02. The van der Waals surface area contributed by atoms with E-state index < -0.39 is 5.97 Å². The third kappa shape index (κ3) is 5.08. The normalized spacial score (nSPS) is 10.4. The van der Waals surface area contributed by atoms with Gasteiger partial charge in [0.1, 0.15) is 0 Å². The molecule has 15 heavy (non-hydrogen) atoms. The average molecular weight is 220 g/mol. The lowest BCUT2D eigenvalue weighted by molar-refractivity contribution is -0.131. The summed E-state index contributed by atoms with van der Waals surface area (Å²) in [6.07, 6.45) is 4.11. The Balaban J connectivity index is 2.38. The molecular weight excluding hydrogens is 208 g/mol. The Morgan fingerprint density at radius 3 is 2.53 bits per heavy atom. The third-order valence-electron chi connectivity index (χ3n) is 1.91. The molecule has 0 unspecified atom stereocenters. The molecule has 0 fully saturated rings. The van der Waals surface area contributed by atoms with Crippen LogP contribution in [0.1, 0.15) is 12.0 Å². The summed E-state index contributed by atoms with van der Waals surface area (Å²) in [5, 5.41) is 8.40. The Labute approximate surface area is 94.2 Å². The molecule has 0 atom stereocenters. The minimum atomic E-state index is -0.961. The highest BCUT2D eigenvalue weighted by atomic mass is 32.1. The van der Waals surface area contributed by atoms with Gasteiger partial charge >= 0.3 is 5.97 Å². The van der Waals surface area contributed by atoms with Crippen LogP contribution < -0.4 is 0 Å². The van der Waals surface area contributed by atoms with Crippen LogP contribution in [-0.2, 0) is 11.2 Å². The van der Waals surface area contributed by atoms with Crippen molar-refractivity contribution in [2.24, 2.45) is 0 Å². The minimum absolute atomic E-state index is 0.668. The Morgan fingerprint density at radius 1 is 1.27 bits per heavy atom. The molecule has 0 bridgehead atoms. The summed E-state index contributed by atoms with van der Waals surface area (Å²) in [4.78, 5) is 10.9. The number of carboxylic acid groups (broad SMARTS) is 1. The van der Waals surface area contributed by atoms with Gasteiger partial charge in [-0.25, -0.2) is 4.79 Å². The fourth-order valence-corrected chi connectivity index (χ4v) is 1.33. The summed E-state index contributed by atoms with van der Waals surface area (Å²) in [5.74, 6) is -0.961. The Hall–Kier alpha value is -1.48. The molecule has 0 spiro atoms. The molecule has 0 radical (unpaired) electrons. The molecule has 2 nitrogen and oxygen atoms in total. The molecule has 3 heteroatoms. The third-order valence-corrected chi connectivity index (χ3v) is 2.25. The van der Waals surface area contributed by atoms with Crippen molar-refractivity contribution in [1.29, 1.82) is 0 Å². The maximum Gasteiger partial charge on any atom is 0.328 e. The highest BCUT2D eigenvalue weighted by Gasteiger charge is 1.95. The predicted molar refractivity (Wildman–Crippen MR) is 64.1 cm³/mol. The van der Waals surface area contributed by atoms with Gasteiger partial charge in [-0.3, -0.25) is 0 Å². The molecule has 0 saturated heterocycles. The van der Waals surface area contributed by atoms with Crippen LogP contribution in [0.3, 0.4) is 0 Å². The number of rotatable bonds is 5. The lowest BCUT2D eigenvalue weighted by atomic mass is 10.1. The van der Waals surface area contributed by atoms with Crippen molar-refractivity contribution in [3.05, 3.63) is 48.0 Å². The van der Waals surface area contributed by atoms with Gasteiger partial charge < -0.3 is 5.11 Å². The molecule has 1 aromatic carbocycles. The molecule has 1 aromatic rings. The van der Waals surface area contributed by atoms with Gasteiger partial charge in [-0.15, -0.1) is 0 Å². The first-order valence-electron chi connectivity index (χ1n) is 4.66. The van der Waals surface area contributed by atoms with Crippen LogP contribution in [0.15, 0.2) is 42.5 Å². The number of aliphatic carboxylic acids is 1. The highest BCUT2D eigenvalue weighted by Crippen LogP contribution is 2.04. The largest absolute Gasteiger partial charge is 0.478 e. The van der Waals surface area contributed by atoms with Crippen molar-refractivity contribution in [2.45, 2.75) is 12.8 Å². The van der Waals surface area contributed by atoms with Gasteiger partial charge in [0.25, 0.3) is 0 Å². The average Bonchev–Trinajstić information content (AvgIpc) is 2.25. The monoisotopic (exact) mass is 220 g/mol. The van der Waals surface area contributed by atoms with Crippen LogP contribution in [0.4, 0.5) is 0 Å². The Kier molecular flexibility index (Phi) is 4.71. The van der Waals surface area contributed by atoms with E-state index in [4.69, 9.17) is 17.3 Å². The summed E-state index contributed by atoms with van der Waals surface area (Å²) in [5.41, 5.74) is 1.21. The maximum absolute atomic E-state index is 10.2. The van der Waals surface area contributed by atoms with Crippen LogP contribution in [-0.4, -0.2) is 15.9 Å². The van der Waals surface area contributed by atoms with Crippen molar-refractivity contribution < 1.29 is 9.90 Å². The molecule has 0 aromatic heterocycles. The lowest BCUT2D eigenvalue weighted by Gasteiger charge is -1.99. The second-order valence-electron chi connectivity index (χ2n) is 3.12. The number of benzene rings is 1. The molecule has 0 aliphatic rings. The van der Waals surface area contributed by atoms with Gasteiger partial charge in [0, 0.05) is 10.9 Å². The first kappa shape index (κ1) is 11.6. The number of aryl methyl sites for hydroxylation is 1. The quantitative estimate of drug-likeness (QED) is 0.612. The van der Waals surface area contributed by atoms with Crippen molar-refractivity contribution in [3.8, 4) is 0 Å². The fraction of sp³-hybridized carbons (Fsp3) is 0.167. The SMILES string of the molecule is O=C(O)C=CC(=S)CCc1ccccc1. The van der Waals surface area contributed by atoms with Crippen LogP contribution in [0.5, 0.6) is 0 Å². The molecule has 0 saturated carbocycles. The summed E-state index contributed by atoms with van der Waals surface area (Å²) < 4.78 is 0. The van der Waals surface area contributed by atoms with E-state index in [1.54, 1.807) is 0 Å². The van der Waals surface area contributed by atoms with E-state index >= 15 is 0 Å². The van der Waals surface area contributed by atoms with Crippen molar-refractivity contribution in [3.63, 3.8) is 0 Å². The molecule has 1 N–H and O–H groups in total. The highest BCUT2D eigenvalue weighted by molar-refractivity contribution is 7.80. The van der Waals surface area contributed by atoms with Gasteiger partial charge in [0.2, 0.25) is 0 Å². The van der Waals surface area contributed by atoms with Crippen LogP contribution in [0.25, 0.3) is 0 Å². The molecule has 78 valence electrons. The molecular formula is C12H12O2S. The van der Waals surface area contributed by atoms with Crippen molar-refractivity contribution >= 4 is 23.1 Å². The zero-order valence-corrected chi connectivity index (χ0v) is 9.04. The minimum Gasteiger partial charge on any atom is -0.478 e. The van der Waals surface area contributed by atoms with E-state index in [0.29, 0.717) is 11.3 Å². The second-order valence-corrected chi connectivity index (χ2v) is 3.65. The number of carboxylic acids is 1. The van der Waals surface area contributed by atoms with Crippen LogP contribution in [0, 0.1) is 0 Å². The van der Waals surface area contributed by atoms with E-state index in [9.17, 15) is 4.79 Å². The zero-order valence-electron chi connectivity index (χ0n) is 8.22. The smallest absolute Gasteiger partial charge is 0.328 e. The fourth-order valence-electron chi connectivity index (χ4n) is 1.16. The van der Waals surface area contributed by atoms with Crippen molar-refractivity contribution in [2.75, 3.05) is 0 Å². The first-order valence-corrected chi connectivity index (χ1v) is 5.07. The van der Waals surface area contributed by atoms with E-state index in [1.807, 2.05) is 30.3 Å². The van der Waals surface area contributed by atoms with Gasteiger partial charge in [-0.1, -0.05) is 42.5 Å². The summed E-state index contributed by atoms with van der Waals surface area (Å²) in [6, 6.07) is 9.98. The number of thiocarbonyl (C=S) groups is 1. The van der Waals surface area contributed by atoms with Gasteiger partial charge in [0.05, 0.1) is 0 Å². The number of hydrogen-bond donors (Lipinski definition) is 1. The van der Waals surface area contributed by atoms with E-state index in [0.717, 1.165) is 12.5 Å². The number of carbonyl (C=O) groups is 1. The van der Waals surface area contributed by atoms with Crippen LogP contribution >= 0.6 is 12.2 Å². The van der Waals surface area contributed by atoms with Crippen LogP contribution in [0.2, 0.25) is 0 Å². The summed E-state index contributed by atoms with van der Waals surface area (Å²) in [6.45, 7) is 0. The first-order chi connectivity index (χ1) is 7.18. The number of allylic oxidation sites excluding steroid dienone is 1. The van der Waals surface area contributed by atoms with E-state index in [1.165, 1.54) is 11.6 Å². The molecule has 0 aliphatic heterocycles. The Morgan fingerprint density at radius 2 is 1.93 bits per heavy atom. The van der Waals surface area contributed by atoms with Gasteiger partial charge in [0.15, 0.2) is 0 Å². The van der Waals surface area contributed by atoms with E-state index in [-0.39, 0.29) is 0 Å². The maximum atomic E-state index is 10.2. The van der Waals surface area contributed by atoms with Gasteiger partial charge in [-0.05, 0) is 24.5 Å². The molecule has 0 aliphatic carbocycles. The topological polar surface area (TPSA) is 37.3 Å². The molecule has 0 amide bonds. The second kappa shape index (κ2) is 6.09. The zero-order chi connectivity index (χ0) is 11.1.